The van der Waals surface area contributed by atoms with Crippen LogP contribution in [0.4, 0.5) is 0 Å². The summed E-state index contributed by atoms with van der Waals surface area (Å²) >= 11 is 6.88. The minimum atomic E-state index is -0.171. The quantitative estimate of drug-likeness (QED) is 0.611. The molecular weight excluding hydrogens is 336 g/mol. The lowest BCUT2D eigenvalue weighted by Crippen LogP contribution is -2.10. The van der Waals surface area contributed by atoms with Crippen LogP contribution in [-0.2, 0) is 21.3 Å². The van der Waals surface area contributed by atoms with Crippen molar-refractivity contribution < 1.29 is 9.53 Å². The van der Waals surface area contributed by atoms with Crippen LogP contribution in [0.2, 0.25) is 0 Å². The molecule has 0 N–H and O–H groups in total. The fourth-order valence-electron chi connectivity index (χ4n) is 1.57. The van der Waals surface area contributed by atoms with E-state index >= 15 is 0 Å². The zero-order valence-corrected chi connectivity index (χ0v) is 12.5. The Balaban J connectivity index is 2.98. The number of hydrogen-bond donors (Lipinski definition) is 0. The number of aryl methyl sites for hydroxylation is 1. The summed E-state index contributed by atoms with van der Waals surface area (Å²) in [5.41, 5.74) is 3.29. The van der Waals surface area contributed by atoms with Gasteiger partial charge in [0.2, 0.25) is 0 Å². The maximum Gasteiger partial charge on any atom is 0.310 e. The van der Waals surface area contributed by atoms with Crippen LogP contribution in [0.1, 0.15) is 23.6 Å². The van der Waals surface area contributed by atoms with Crippen molar-refractivity contribution in [2.24, 2.45) is 0 Å². The first-order chi connectivity index (χ1) is 7.58. The minimum absolute atomic E-state index is 0.171. The number of carbonyl (C=O) groups excluding carboxylic acids is 1. The van der Waals surface area contributed by atoms with Crippen LogP contribution in [0.25, 0.3) is 0 Å². The van der Waals surface area contributed by atoms with E-state index in [1.165, 1.54) is 0 Å². The Bertz CT molecular complexity index is 389. The Labute approximate surface area is 113 Å². The number of esters is 1. The number of rotatable bonds is 4. The third-order valence-corrected chi connectivity index (χ3v) is 3.36. The van der Waals surface area contributed by atoms with Gasteiger partial charge in [-0.25, -0.2) is 0 Å². The van der Waals surface area contributed by atoms with Crippen molar-refractivity contribution in [2.45, 2.75) is 25.6 Å². The smallest absolute Gasteiger partial charge is 0.310 e. The molecule has 1 aromatic carbocycles. The number of ether oxygens (including phenoxy) is 1. The van der Waals surface area contributed by atoms with E-state index in [2.05, 4.69) is 31.9 Å². The third kappa shape index (κ3) is 3.59. The fourth-order valence-corrected chi connectivity index (χ4v) is 2.69. The maximum atomic E-state index is 11.5. The summed E-state index contributed by atoms with van der Waals surface area (Å²) in [5.74, 6) is -0.171. The first-order valence-electron chi connectivity index (χ1n) is 5.08. The van der Waals surface area contributed by atoms with E-state index in [0.717, 1.165) is 26.5 Å². The highest BCUT2D eigenvalue weighted by Gasteiger charge is 2.11. The molecule has 0 atom stereocenters. The van der Waals surface area contributed by atoms with Gasteiger partial charge in [-0.1, -0.05) is 31.9 Å². The Morgan fingerprint density at radius 3 is 2.69 bits per heavy atom. The summed E-state index contributed by atoms with van der Waals surface area (Å²) in [4.78, 5) is 11.5. The summed E-state index contributed by atoms with van der Waals surface area (Å²) in [6.07, 6.45) is 0.341. The predicted octanol–water partition coefficient (Wildman–Crippen LogP) is 3.76. The van der Waals surface area contributed by atoms with E-state index in [1.54, 1.807) is 0 Å². The normalized spacial score (nSPS) is 10.2. The van der Waals surface area contributed by atoms with Crippen molar-refractivity contribution in [3.8, 4) is 0 Å². The molecule has 0 unspecified atom stereocenters. The van der Waals surface area contributed by atoms with Gasteiger partial charge >= 0.3 is 5.97 Å². The van der Waals surface area contributed by atoms with Gasteiger partial charge in [0, 0.05) is 9.80 Å². The van der Waals surface area contributed by atoms with Crippen molar-refractivity contribution in [3.63, 3.8) is 0 Å². The zero-order chi connectivity index (χ0) is 12.1. The Morgan fingerprint density at radius 2 is 2.12 bits per heavy atom. The molecule has 0 heterocycles. The van der Waals surface area contributed by atoms with Gasteiger partial charge in [-0.2, -0.15) is 0 Å². The largest absolute Gasteiger partial charge is 0.466 e. The number of benzene rings is 1. The van der Waals surface area contributed by atoms with Gasteiger partial charge in [-0.3, -0.25) is 4.79 Å². The Kier molecular flexibility index (Phi) is 5.49. The molecule has 0 aliphatic rings. The van der Waals surface area contributed by atoms with E-state index < -0.39 is 0 Å². The highest BCUT2D eigenvalue weighted by atomic mass is 79.9. The van der Waals surface area contributed by atoms with Gasteiger partial charge in [0.15, 0.2) is 0 Å². The predicted molar refractivity (Wildman–Crippen MR) is 71.8 cm³/mol. The van der Waals surface area contributed by atoms with Crippen LogP contribution in [0.15, 0.2) is 16.6 Å². The highest BCUT2D eigenvalue weighted by molar-refractivity contribution is 9.10. The minimum Gasteiger partial charge on any atom is -0.466 e. The second-order valence-corrected chi connectivity index (χ2v) is 4.95. The molecule has 1 rings (SSSR count). The van der Waals surface area contributed by atoms with Gasteiger partial charge in [-0.05, 0) is 42.7 Å². The van der Waals surface area contributed by atoms with Gasteiger partial charge in [0.1, 0.15) is 0 Å². The van der Waals surface area contributed by atoms with Gasteiger partial charge in [-0.15, -0.1) is 0 Å². The fraction of sp³-hybridized carbons (Fsp3) is 0.417. The van der Waals surface area contributed by atoms with E-state index in [-0.39, 0.29) is 5.97 Å². The topological polar surface area (TPSA) is 26.3 Å². The summed E-state index contributed by atoms with van der Waals surface area (Å²) in [6, 6.07) is 4.04. The molecule has 0 saturated heterocycles. The molecule has 2 nitrogen and oxygen atoms in total. The lowest BCUT2D eigenvalue weighted by atomic mass is 10.0. The molecule has 4 heteroatoms. The number of halogens is 2. The molecule has 0 aliphatic carbocycles. The average Bonchev–Trinajstić information content (AvgIpc) is 2.22. The van der Waals surface area contributed by atoms with Gasteiger partial charge in [0.05, 0.1) is 13.0 Å². The summed E-state index contributed by atoms with van der Waals surface area (Å²) in [5, 5.41) is 0.738. The van der Waals surface area contributed by atoms with Crippen LogP contribution in [0.5, 0.6) is 0 Å². The van der Waals surface area contributed by atoms with Crippen LogP contribution in [-0.4, -0.2) is 12.6 Å². The SMILES string of the molecule is CCOC(=O)Cc1c(C)cc(Br)cc1CBr. The van der Waals surface area contributed by atoms with Crippen LogP contribution in [0, 0.1) is 6.92 Å². The Hall–Kier alpha value is -0.350. The van der Waals surface area contributed by atoms with Crippen molar-refractivity contribution in [1.82, 2.24) is 0 Å². The van der Waals surface area contributed by atoms with E-state index in [4.69, 9.17) is 4.74 Å². The average molecular weight is 350 g/mol. The lowest BCUT2D eigenvalue weighted by molar-refractivity contribution is -0.142. The van der Waals surface area contributed by atoms with Crippen molar-refractivity contribution in [1.29, 1.82) is 0 Å². The van der Waals surface area contributed by atoms with E-state index in [0.29, 0.717) is 13.0 Å². The van der Waals surface area contributed by atoms with Crippen LogP contribution >= 0.6 is 31.9 Å². The first kappa shape index (κ1) is 13.7. The molecule has 0 aliphatic heterocycles. The molecule has 0 radical (unpaired) electrons. The third-order valence-electron chi connectivity index (χ3n) is 2.30. The van der Waals surface area contributed by atoms with Gasteiger partial charge < -0.3 is 4.74 Å². The molecule has 16 heavy (non-hydrogen) atoms. The number of carbonyl (C=O) groups is 1. The molecule has 0 fully saturated rings. The summed E-state index contributed by atoms with van der Waals surface area (Å²) in [6.45, 7) is 4.25. The van der Waals surface area contributed by atoms with Crippen molar-refractivity contribution in [2.75, 3.05) is 6.61 Å². The lowest BCUT2D eigenvalue weighted by Gasteiger charge is -2.11. The van der Waals surface area contributed by atoms with E-state index in [1.807, 2.05) is 26.0 Å². The maximum absolute atomic E-state index is 11.5. The Morgan fingerprint density at radius 1 is 1.44 bits per heavy atom. The number of hydrogen-bond acceptors (Lipinski definition) is 2. The van der Waals surface area contributed by atoms with Gasteiger partial charge in [0.25, 0.3) is 0 Å². The molecule has 0 aromatic heterocycles. The van der Waals surface area contributed by atoms with Crippen molar-refractivity contribution in [3.05, 3.63) is 33.3 Å². The van der Waals surface area contributed by atoms with Crippen LogP contribution in [0.3, 0.4) is 0 Å². The highest BCUT2D eigenvalue weighted by Crippen LogP contribution is 2.23. The van der Waals surface area contributed by atoms with E-state index in [9.17, 15) is 4.79 Å². The standard InChI is InChI=1S/C12H14Br2O2/c1-3-16-12(15)6-11-8(2)4-10(14)5-9(11)7-13/h4-5H,3,6-7H2,1-2H3. The molecule has 0 saturated carbocycles. The molecule has 0 amide bonds. The molecule has 0 spiro atoms. The molecular formula is C12H14Br2O2. The second kappa shape index (κ2) is 6.40. The zero-order valence-electron chi connectivity index (χ0n) is 9.35. The summed E-state index contributed by atoms with van der Waals surface area (Å²) in [7, 11) is 0. The molecule has 88 valence electrons. The summed E-state index contributed by atoms with van der Waals surface area (Å²) < 4.78 is 6.00. The second-order valence-electron chi connectivity index (χ2n) is 3.48. The monoisotopic (exact) mass is 348 g/mol. The van der Waals surface area contributed by atoms with Crippen LogP contribution < -0.4 is 0 Å². The first-order valence-corrected chi connectivity index (χ1v) is 6.99. The number of alkyl halides is 1. The molecule has 0 bridgehead atoms. The van der Waals surface area contributed by atoms with Crippen molar-refractivity contribution >= 4 is 37.8 Å². The molecule has 1 aromatic rings.